The molecule has 2 heterocycles. The Morgan fingerprint density at radius 2 is 0.863 bits per heavy atom. The van der Waals surface area contributed by atoms with E-state index >= 15 is 0 Å². The second-order valence-corrected chi connectivity index (χ2v) is 15.0. The van der Waals surface area contributed by atoms with Crippen molar-refractivity contribution in [1.29, 1.82) is 0 Å². The molecule has 8 aromatic carbocycles. The van der Waals surface area contributed by atoms with Crippen LogP contribution >= 0.6 is 22.7 Å². The number of fused-ring (bicyclic) bond motifs is 6. The zero-order valence-electron chi connectivity index (χ0n) is 27.7. The summed E-state index contributed by atoms with van der Waals surface area (Å²) in [6.07, 6.45) is 0. The first-order valence-corrected chi connectivity index (χ1v) is 18.9. The summed E-state index contributed by atoms with van der Waals surface area (Å²) in [7, 11) is 0. The van der Waals surface area contributed by atoms with E-state index in [1.807, 2.05) is 22.7 Å². The highest BCUT2D eigenvalue weighted by Gasteiger charge is 2.22. The van der Waals surface area contributed by atoms with Crippen molar-refractivity contribution in [2.75, 3.05) is 4.90 Å². The smallest absolute Gasteiger partial charge is 0.0555 e. The summed E-state index contributed by atoms with van der Waals surface area (Å²) in [4.78, 5) is 2.47. The van der Waals surface area contributed by atoms with Gasteiger partial charge in [-0.05, 0) is 75.8 Å². The Morgan fingerprint density at radius 3 is 1.57 bits per heavy atom. The first-order chi connectivity index (χ1) is 25.3. The minimum atomic E-state index is 1.13. The molecule has 10 rings (SSSR count). The van der Waals surface area contributed by atoms with Crippen molar-refractivity contribution in [1.82, 2.24) is 0 Å². The Balaban J connectivity index is 1.20. The maximum Gasteiger partial charge on any atom is 0.0555 e. The maximum atomic E-state index is 2.47. The van der Waals surface area contributed by atoms with Crippen molar-refractivity contribution in [3.05, 3.63) is 188 Å². The van der Waals surface area contributed by atoms with Crippen molar-refractivity contribution in [2.24, 2.45) is 0 Å². The van der Waals surface area contributed by atoms with Crippen LogP contribution < -0.4 is 4.90 Å². The molecule has 0 amide bonds. The van der Waals surface area contributed by atoms with Gasteiger partial charge in [0.15, 0.2) is 0 Å². The Labute approximate surface area is 304 Å². The molecule has 240 valence electrons. The van der Waals surface area contributed by atoms with Crippen LogP contribution in [-0.4, -0.2) is 0 Å². The molecule has 0 spiro atoms. The first kappa shape index (κ1) is 29.9. The average molecular weight is 686 g/mol. The number of nitrogens with zero attached hydrogens (tertiary/aromatic N) is 1. The summed E-state index contributed by atoms with van der Waals surface area (Å²) in [6.45, 7) is 0. The summed E-state index contributed by atoms with van der Waals surface area (Å²) in [5.74, 6) is 0. The molecule has 0 saturated carbocycles. The van der Waals surface area contributed by atoms with Crippen LogP contribution in [0.5, 0.6) is 0 Å². The predicted molar refractivity (Wildman–Crippen MR) is 223 cm³/mol. The molecule has 0 radical (unpaired) electrons. The van der Waals surface area contributed by atoms with E-state index in [4.69, 9.17) is 0 Å². The quantitative estimate of drug-likeness (QED) is 0.168. The lowest BCUT2D eigenvalue weighted by Gasteiger charge is -2.27. The zero-order valence-corrected chi connectivity index (χ0v) is 29.3. The second kappa shape index (κ2) is 12.4. The molecule has 0 saturated heterocycles. The fourth-order valence-corrected chi connectivity index (χ4v) is 9.92. The SMILES string of the molecule is c1ccc(-c2ccccc2-c2ccc(N(c3ccc4c(c3)sc3ccccc34)c3ccc(-c4ccccc4)c4sc5ccccc5c34)cc2)cc1. The molecule has 0 aliphatic carbocycles. The van der Waals surface area contributed by atoms with E-state index in [1.54, 1.807) is 0 Å². The monoisotopic (exact) mass is 685 g/mol. The van der Waals surface area contributed by atoms with E-state index in [2.05, 4.69) is 193 Å². The van der Waals surface area contributed by atoms with Gasteiger partial charge < -0.3 is 4.90 Å². The molecule has 3 heteroatoms. The number of rotatable bonds is 6. The van der Waals surface area contributed by atoms with Crippen LogP contribution in [0.2, 0.25) is 0 Å². The van der Waals surface area contributed by atoms with Crippen molar-refractivity contribution in [3.63, 3.8) is 0 Å². The highest BCUT2D eigenvalue weighted by Crippen LogP contribution is 2.49. The van der Waals surface area contributed by atoms with Gasteiger partial charge in [-0.1, -0.05) is 146 Å². The number of hydrogen-bond acceptors (Lipinski definition) is 3. The Hall–Kier alpha value is -6.00. The minimum Gasteiger partial charge on any atom is -0.310 e. The van der Waals surface area contributed by atoms with Crippen LogP contribution in [0.15, 0.2) is 188 Å². The van der Waals surface area contributed by atoms with Gasteiger partial charge in [0.05, 0.1) is 5.69 Å². The second-order valence-electron chi connectivity index (χ2n) is 12.9. The Morgan fingerprint density at radius 1 is 0.333 bits per heavy atom. The lowest BCUT2D eigenvalue weighted by atomic mass is 9.94. The third-order valence-electron chi connectivity index (χ3n) is 9.90. The fourth-order valence-electron chi connectivity index (χ4n) is 7.52. The molecule has 1 nitrogen and oxygen atoms in total. The van der Waals surface area contributed by atoms with Gasteiger partial charge in [0.1, 0.15) is 0 Å². The van der Waals surface area contributed by atoms with E-state index in [9.17, 15) is 0 Å². The number of hydrogen-bond donors (Lipinski definition) is 0. The molecule has 51 heavy (non-hydrogen) atoms. The Bertz CT molecular complexity index is 2850. The summed E-state index contributed by atoms with van der Waals surface area (Å²) < 4.78 is 5.21. The normalized spacial score (nSPS) is 11.5. The Kier molecular flexibility index (Phi) is 7.26. The largest absolute Gasteiger partial charge is 0.310 e. The first-order valence-electron chi connectivity index (χ1n) is 17.3. The third kappa shape index (κ3) is 5.13. The lowest BCUT2D eigenvalue weighted by Crippen LogP contribution is -2.10. The molecule has 2 aromatic heterocycles. The molecular weight excluding hydrogens is 655 g/mol. The molecule has 10 aromatic rings. The van der Waals surface area contributed by atoms with Crippen molar-refractivity contribution in [3.8, 4) is 33.4 Å². The predicted octanol–water partition coefficient (Wildman–Crippen LogP) is 14.9. The summed E-state index contributed by atoms with van der Waals surface area (Å²) in [5.41, 5.74) is 10.8. The average Bonchev–Trinajstić information content (AvgIpc) is 3.78. The molecule has 0 aliphatic rings. The summed E-state index contributed by atoms with van der Waals surface area (Å²) in [5, 5.41) is 5.19. The minimum absolute atomic E-state index is 1.13. The zero-order chi connectivity index (χ0) is 33.7. The van der Waals surface area contributed by atoms with Gasteiger partial charge in [-0.15, -0.1) is 22.7 Å². The number of thiophene rings is 2. The highest BCUT2D eigenvalue weighted by molar-refractivity contribution is 7.26. The van der Waals surface area contributed by atoms with Crippen LogP contribution in [-0.2, 0) is 0 Å². The third-order valence-corrected chi connectivity index (χ3v) is 12.2. The van der Waals surface area contributed by atoms with Gasteiger partial charge in [-0.25, -0.2) is 0 Å². The molecule has 0 fully saturated rings. The standard InChI is InChI=1S/C48H31NS2/c1-3-13-32(14-4-1)37-17-7-8-18-38(37)34-23-25-35(26-24-34)49(36-27-28-41-40-19-9-11-21-44(40)50-46(41)31-36)43-30-29-39(33-15-5-2-6-16-33)48-47(43)42-20-10-12-22-45(42)51-48/h1-31H. The van der Waals surface area contributed by atoms with Gasteiger partial charge in [-0.2, -0.15) is 0 Å². The van der Waals surface area contributed by atoms with Crippen LogP contribution in [0.4, 0.5) is 17.1 Å². The molecule has 0 N–H and O–H groups in total. The fraction of sp³-hybridized carbons (Fsp3) is 0. The van der Waals surface area contributed by atoms with E-state index in [-0.39, 0.29) is 0 Å². The van der Waals surface area contributed by atoms with E-state index in [0.29, 0.717) is 0 Å². The molecule has 0 bridgehead atoms. The lowest BCUT2D eigenvalue weighted by molar-refractivity contribution is 1.31. The van der Waals surface area contributed by atoms with Gasteiger partial charge in [-0.3, -0.25) is 0 Å². The van der Waals surface area contributed by atoms with Crippen LogP contribution in [0.1, 0.15) is 0 Å². The number of benzene rings is 8. The highest BCUT2D eigenvalue weighted by atomic mass is 32.1. The van der Waals surface area contributed by atoms with E-state index in [1.165, 1.54) is 79.4 Å². The van der Waals surface area contributed by atoms with Gasteiger partial charge in [0, 0.05) is 51.7 Å². The van der Waals surface area contributed by atoms with Crippen molar-refractivity contribution >= 4 is 80.1 Å². The van der Waals surface area contributed by atoms with Crippen LogP contribution in [0.3, 0.4) is 0 Å². The summed E-state index contributed by atoms with van der Waals surface area (Å²) >= 11 is 3.75. The molecule has 0 unspecified atom stereocenters. The van der Waals surface area contributed by atoms with Crippen molar-refractivity contribution < 1.29 is 0 Å². The van der Waals surface area contributed by atoms with E-state index < -0.39 is 0 Å². The van der Waals surface area contributed by atoms with Gasteiger partial charge in [0.2, 0.25) is 0 Å². The van der Waals surface area contributed by atoms with E-state index in [0.717, 1.165) is 11.4 Å². The molecular formula is C48H31NS2. The van der Waals surface area contributed by atoms with Gasteiger partial charge in [0.25, 0.3) is 0 Å². The molecule has 0 aliphatic heterocycles. The maximum absolute atomic E-state index is 2.47. The van der Waals surface area contributed by atoms with Crippen LogP contribution in [0.25, 0.3) is 73.7 Å². The van der Waals surface area contributed by atoms with Gasteiger partial charge >= 0.3 is 0 Å². The van der Waals surface area contributed by atoms with Crippen molar-refractivity contribution in [2.45, 2.75) is 0 Å². The number of anilines is 3. The topological polar surface area (TPSA) is 3.24 Å². The van der Waals surface area contributed by atoms with Crippen LogP contribution in [0, 0.1) is 0 Å². The molecule has 0 atom stereocenters. The summed E-state index contributed by atoms with van der Waals surface area (Å²) in [6, 6.07) is 68.5.